The number of amides is 1. The first-order valence-electron chi connectivity index (χ1n) is 9.61. The highest BCUT2D eigenvalue weighted by Gasteiger charge is 2.24. The normalized spacial score (nSPS) is 17.2. The molecule has 2 heterocycles. The first-order valence-corrected chi connectivity index (χ1v) is 9.61. The number of carbonyl (C=O) groups excluding carboxylic acids is 1. The van der Waals surface area contributed by atoms with Gasteiger partial charge < -0.3 is 20.4 Å². The Morgan fingerprint density at radius 1 is 1.19 bits per heavy atom. The molecule has 1 aliphatic rings. The minimum Gasteiger partial charge on any atom is -0.468 e. The molecule has 146 valence electrons. The number of hydrogen-bond donors (Lipinski definition) is 3. The summed E-state index contributed by atoms with van der Waals surface area (Å²) in [5.74, 6) is 1.79. The van der Waals surface area contributed by atoms with Gasteiger partial charge in [0, 0.05) is 32.6 Å². The Labute approximate surface area is 156 Å². The Hall–Kier alpha value is -2.02. The molecule has 2 rings (SSSR count). The molecule has 0 aliphatic carbocycles. The van der Waals surface area contributed by atoms with Crippen LogP contribution in [0.1, 0.15) is 44.9 Å². The van der Waals surface area contributed by atoms with Gasteiger partial charge in [-0.1, -0.05) is 20.3 Å². The molecule has 0 radical (unpaired) electrons. The third-order valence-corrected chi connectivity index (χ3v) is 4.63. The molecule has 7 heteroatoms. The molecule has 0 saturated carbocycles. The largest absolute Gasteiger partial charge is 0.468 e. The average molecular weight is 364 g/mol. The fourth-order valence-corrected chi connectivity index (χ4v) is 3.11. The molecular formula is C19H33N5O2. The van der Waals surface area contributed by atoms with Gasteiger partial charge in [-0.25, -0.2) is 0 Å². The van der Waals surface area contributed by atoms with E-state index in [-0.39, 0.29) is 17.9 Å². The number of rotatable bonds is 8. The second-order valence-electron chi connectivity index (χ2n) is 6.95. The van der Waals surface area contributed by atoms with Crippen molar-refractivity contribution in [2.75, 3.05) is 39.8 Å². The van der Waals surface area contributed by atoms with Gasteiger partial charge in [0.25, 0.3) is 0 Å². The third-order valence-electron chi connectivity index (χ3n) is 4.63. The zero-order valence-corrected chi connectivity index (χ0v) is 16.3. The van der Waals surface area contributed by atoms with Crippen molar-refractivity contribution in [1.29, 1.82) is 0 Å². The molecule has 0 bridgehead atoms. The molecule has 1 amide bonds. The summed E-state index contributed by atoms with van der Waals surface area (Å²) in [4.78, 5) is 18.3. The van der Waals surface area contributed by atoms with Crippen LogP contribution < -0.4 is 16.0 Å². The summed E-state index contributed by atoms with van der Waals surface area (Å²) in [5, 5.41) is 9.53. The monoisotopic (exact) mass is 363 g/mol. The van der Waals surface area contributed by atoms with E-state index in [0.29, 0.717) is 13.1 Å². The Kier molecular flexibility index (Phi) is 8.47. The number of nitrogens with zero attached hydrogens (tertiary/aromatic N) is 2. The van der Waals surface area contributed by atoms with Gasteiger partial charge >= 0.3 is 0 Å². The van der Waals surface area contributed by atoms with E-state index >= 15 is 0 Å². The fourth-order valence-electron chi connectivity index (χ4n) is 3.11. The van der Waals surface area contributed by atoms with E-state index in [1.54, 1.807) is 13.3 Å². The number of furan rings is 1. The quantitative estimate of drug-likeness (QED) is 0.372. The minimum absolute atomic E-state index is 0.00559. The standard InChI is InChI=1S/C19H33N5O2/c1-15(2)18(25)21-9-10-22-19(20-3)23-14-16(17-8-7-13-26-17)24-11-5-4-6-12-24/h7-8,13,15-16H,4-6,9-12,14H2,1-3H3,(H,21,25)(H2,20,22,23). The summed E-state index contributed by atoms with van der Waals surface area (Å²) < 4.78 is 5.67. The van der Waals surface area contributed by atoms with E-state index in [4.69, 9.17) is 4.42 Å². The molecule has 1 fully saturated rings. The SMILES string of the molecule is CN=C(NCCNC(=O)C(C)C)NCC(c1ccco1)N1CCCCC1. The number of hydrogen-bond acceptors (Lipinski definition) is 4. The number of nitrogens with one attached hydrogen (secondary N) is 3. The van der Waals surface area contributed by atoms with Crippen molar-refractivity contribution in [3.63, 3.8) is 0 Å². The highest BCUT2D eigenvalue weighted by atomic mass is 16.3. The Morgan fingerprint density at radius 3 is 2.54 bits per heavy atom. The molecule has 26 heavy (non-hydrogen) atoms. The highest BCUT2D eigenvalue weighted by molar-refractivity contribution is 5.80. The lowest BCUT2D eigenvalue weighted by molar-refractivity contribution is -0.123. The van der Waals surface area contributed by atoms with Gasteiger partial charge in [-0.15, -0.1) is 0 Å². The van der Waals surface area contributed by atoms with E-state index < -0.39 is 0 Å². The van der Waals surface area contributed by atoms with Crippen molar-refractivity contribution in [3.05, 3.63) is 24.2 Å². The van der Waals surface area contributed by atoms with Gasteiger partial charge in [0.1, 0.15) is 5.76 Å². The average Bonchev–Trinajstić information content (AvgIpc) is 3.18. The molecule has 3 N–H and O–H groups in total. The molecule has 1 atom stereocenters. The lowest BCUT2D eigenvalue weighted by Gasteiger charge is -2.33. The molecule has 1 saturated heterocycles. The lowest BCUT2D eigenvalue weighted by atomic mass is 10.1. The van der Waals surface area contributed by atoms with E-state index in [1.807, 2.05) is 26.0 Å². The van der Waals surface area contributed by atoms with Crippen molar-refractivity contribution >= 4 is 11.9 Å². The molecule has 0 aromatic carbocycles. The highest BCUT2D eigenvalue weighted by Crippen LogP contribution is 2.24. The Morgan fingerprint density at radius 2 is 1.92 bits per heavy atom. The van der Waals surface area contributed by atoms with Crippen molar-refractivity contribution in [3.8, 4) is 0 Å². The summed E-state index contributed by atoms with van der Waals surface area (Å²) >= 11 is 0. The topological polar surface area (TPSA) is 81.9 Å². The number of likely N-dealkylation sites (tertiary alicyclic amines) is 1. The molecule has 1 unspecified atom stereocenters. The predicted molar refractivity (Wildman–Crippen MR) is 104 cm³/mol. The van der Waals surface area contributed by atoms with Crippen LogP contribution in [0, 0.1) is 5.92 Å². The van der Waals surface area contributed by atoms with E-state index in [0.717, 1.165) is 31.4 Å². The van der Waals surface area contributed by atoms with E-state index in [9.17, 15) is 4.79 Å². The van der Waals surface area contributed by atoms with Gasteiger partial charge in [0.05, 0.1) is 12.3 Å². The van der Waals surface area contributed by atoms with Crippen LogP contribution in [0.5, 0.6) is 0 Å². The van der Waals surface area contributed by atoms with Gasteiger partial charge in [-0.2, -0.15) is 0 Å². The van der Waals surface area contributed by atoms with Crippen LogP contribution in [0.4, 0.5) is 0 Å². The van der Waals surface area contributed by atoms with Crippen LogP contribution in [0.3, 0.4) is 0 Å². The van der Waals surface area contributed by atoms with E-state index in [2.05, 4.69) is 25.8 Å². The number of piperidine rings is 1. The smallest absolute Gasteiger partial charge is 0.222 e. The van der Waals surface area contributed by atoms with Crippen molar-refractivity contribution in [2.45, 2.75) is 39.2 Å². The first kappa shape index (κ1) is 20.3. The maximum absolute atomic E-state index is 11.6. The summed E-state index contributed by atoms with van der Waals surface area (Å²) in [7, 11) is 1.75. The summed E-state index contributed by atoms with van der Waals surface area (Å²) in [5.41, 5.74) is 0. The second kappa shape index (κ2) is 10.9. The van der Waals surface area contributed by atoms with Crippen LogP contribution in [0.2, 0.25) is 0 Å². The lowest BCUT2D eigenvalue weighted by Crippen LogP contribution is -2.46. The molecule has 1 aromatic heterocycles. The summed E-state index contributed by atoms with van der Waals surface area (Å²) in [6.07, 6.45) is 5.51. The van der Waals surface area contributed by atoms with Gasteiger partial charge in [0.2, 0.25) is 5.91 Å². The summed E-state index contributed by atoms with van der Waals surface area (Å²) in [6.45, 7) is 7.90. The zero-order valence-electron chi connectivity index (χ0n) is 16.3. The maximum Gasteiger partial charge on any atom is 0.222 e. The molecule has 1 aliphatic heterocycles. The van der Waals surface area contributed by atoms with Crippen LogP contribution in [0.25, 0.3) is 0 Å². The number of carbonyl (C=O) groups is 1. The van der Waals surface area contributed by atoms with Crippen molar-refractivity contribution in [1.82, 2.24) is 20.9 Å². The number of aliphatic imine (C=N–C) groups is 1. The second-order valence-corrected chi connectivity index (χ2v) is 6.95. The summed E-state index contributed by atoms with van der Waals surface area (Å²) in [6, 6.07) is 4.18. The van der Waals surface area contributed by atoms with Crippen molar-refractivity contribution < 1.29 is 9.21 Å². The third kappa shape index (κ3) is 6.37. The van der Waals surface area contributed by atoms with Crippen molar-refractivity contribution in [2.24, 2.45) is 10.9 Å². The van der Waals surface area contributed by atoms with E-state index in [1.165, 1.54) is 19.3 Å². The molecule has 0 spiro atoms. The van der Waals surface area contributed by atoms with Gasteiger partial charge in [0.15, 0.2) is 5.96 Å². The van der Waals surface area contributed by atoms with Gasteiger partial charge in [-0.3, -0.25) is 14.7 Å². The molecular weight excluding hydrogens is 330 g/mol. The first-order chi connectivity index (χ1) is 12.6. The molecule has 1 aromatic rings. The minimum atomic E-state index is 0.00559. The fraction of sp³-hybridized carbons (Fsp3) is 0.684. The maximum atomic E-state index is 11.6. The van der Waals surface area contributed by atoms with Gasteiger partial charge in [-0.05, 0) is 38.1 Å². The van der Waals surface area contributed by atoms with Crippen LogP contribution in [-0.4, -0.2) is 56.5 Å². The van der Waals surface area contributed by atoms with Crippen LogP contribution in [0.15, 0.2) is 27.8 Å². The predicted octanol–water partition coefficient (Wildman–Crippen LogP) is 1.74. The van der Waals surface area contributed by atoms with Crippen LogP contribution in [-0.2, 0) is 4.79 Å². The number of guanidine groups is 1. The Balaban J connectivity index is 1.81. The zero-order chi connectivity index (χ0) is 18.8. The Bertz CT molecular complexity index is 550. The van der Waals surface area contributed by atoms with Crippen LogP contribution >= 0.6 is 0 Å². The molecule has 7 nitrogen and oxygen atoms in total.